The number of anilines is 2. The van der Waals surface area contributed by atoms with E-state index in [0.717, 1.165) is 42.6 Å². The molecule has 4 rings (SSSR count). The number of nitrogens with one attached hydrogen (secondary N) is 2. The lowest BCUT2D eigenvalue weighted by atomic mass is 10.1. The fraction of sp³-hybridized carbons (Fsp3) is 0.400. The monoisotopic (exact) mass is 314 g/mol. The number of aromatic amines is 1. The molecule has 2 N–H and O–H groups in total. The Morgan fingerprint density at radius 1 is 1.39 bits per heavy atom. The molecule has 1 saturated heterocycles. The largest absolute Gasteiger partial charge is 0.474 e. The summed E-state index contributed by atoms with van der Waals surface area (Å²) < 4.78 is 13.2. The van der Waals surface area contributed by atoms with Crippen LogP contribution in [-0.2, 0) is 11.8 Å². The van der Waals surface area contributed by atoms with Gasteiger partial charge in [0.05, 0.1) is 30.6 Å². The van der Waals surface area contributed by atoms with Crippen LogP contribution in [0.5, 0.6) is 5.88 Å². The van der Waals surface area contributed by atoms with Crippen LogP contribution < -0.4 is 10.1 Å². The van der Waals surface area contributed by atoms with Gasteiger partial charge in [-0.1, -0.05) is 0 Å². The van der Waals surface area contributed by atoms with Gasteiger partial charge in [-0.3, -0.25) is 9.78 Å². The standard InChI is InChI=1S/C15H18N6O2/c1-21-9-10(8-17-21)18-14-13-12(19-20-14)2-5-16-15(13)23-11-3-6-22-7-4-11/h2,5,8-9,11H,3-4,6-7H2,1H3,(H2,18,19,20). The van der Waals surface area contributed by atoms with Gasteiger partial charge in [0.25, 0.3) is 0 Å². The van der Waals surface area contributed by atoms with Gasteiger partial charge in [0.2, 0.25) is 5.88 Å². The molecule has 0 atom stereocenters. The number of aryl methyl sites for hydroxylation is 1. The van der Waals surface area contributed by atoms with Crippen LogP contribution in [0.4, 0.5) is 11.5 Å². The van der Waals surface area contributed by atoms with Crippen molar-refractivity contribution in [2.45, 2.75) is 18.9 Å². The van der Waals surface area contributed by atoms with E-state index < -0.39 is 0 Å². The quantitative estimate of drug-likeness (QED) is 0.765. The van der Waals surface area contributed by atoms with Gasteiger partial charge in [0, 0.05) is 32.3 Å². The summed E-state index contributed by atoms with van der Waals surface area (Å²) >= 11 is 0. The Hall–Kier alpha value is -2.61. The van der Waals surface area contributed by atoms with E-state index in [-0.39, 0.29) is 6.10 Å². The molecule has 0 bridgehead atoms. The maximum Gasteiger partial charge on any atom is 0.227 e. The molecule has 4 heterocycles. The van der Waals surface area contributed by atoms with Crippen LogP contribution in [-0.4, -0.2) is 44.3 Å². The van der Waals surface area contributed by atoms with Crippen molar-refractivity contribution >= 4 is 22.4 Å². The number of fused-ring (bicyclic) bond motifs is 1. The smallest absolute Gasteiger partial charge is 0.227 e. The average molecular weight is 314 g/mol. The van der Waals surface area contributed by atoms with Crippen molar-refractivity contribution < 1.29 is 9.47 Å². The molecule has 0 radical (unpaired) electrons. The van der Waals surface area contributed by atoms with Crippen LogP contribution in [0.1, 0.15) is 12.8 Å². The molecule has 120 valence electrons. The Kier molecular flexibility index (Phi) is 3.58. The Morgan fingerprint density at radius 2 is 2.26 bits per heavy atom. The van der Waals surface area contributed by atoms with E-state index in [1.807, 2.05) is 19.3 Å². The van der Waals surface area contributed by atoms with Crippen molar-refractivity contribution in [1.82, 2.24) is 25.0 Å². The first-order chi connectivity index (χ1) is 11.3. The highest BCUT2D eigenvalue weighted by Crippen LogP contribution is 2.31. The molecule has 1 fully saturated rings. The first-order valence-electron chi connectivity index (χ1n) is 7.63. The van der Waals surface area contributed by atoms with E-state index in [4.69, 9.17) is 9.47 Å². The molecule has 1 aliphatic rings. The second-order valence-corrected chi connectivity index (χ2v) is 5.57. The third-order valence-corrected chi connectivity index (χ3v) is 3.86. The first kappa shape index (κ1) is 14.0. The van der Waals surface area contributed by atoms with Gasteiger partial charge >= 0.3 is 0 Å². The number of nitrogens with zero attached hydrogens (tertiary/aromatic N) is 4. The summed E-state index contributed by atoms with van der Waals surface area (Å²) in [5.41, 5.74) is 1.75. The molecule has 3 aromatic heterocycles. The number of pyridine rings is 1. The minimum atomic E-state index is 0.128. The number of hydrogen-bond acceptors (Lipinski definition) is 6. The van der Waals surface area contributed by atoms with Crippen molar-refractivity contribution in [3.8, 4) is 5.88 Å². The predicted molar refractivity (Wildman–Crippen MR) is 84.8 cm³/mol. The van der Waals surface area contributed by atoms with Gasteiger partial charge in [0.1, 0.15) is 11.5 Å². The second-order valence-electron chi connectivity index (χ2n) is 5.57. The Morgan fingerprint density at radius 3 is 3.04 bits per heavy atom. The summed E-state index contributed by atoms with van der Waals surface area (Å²) in [5, 5.41) is 15.6. The summed E-state index contributed by atoms with van der Waals surface area (Å²) in [5.74, 6) is 1.28. The molecular weight excluding hydrogens is 296 g/mol. The molecule has 0 saturated carbocycles. The Labute approximate surface area is 132 Å². The molecule has 1 aliphatic heterocycles. The molecule has 23 heavy (non-hydrogen) atoms. The summed E-state index contributed by atoms with van der Waals surface area (Å²) in [6.45, 7) is 1.46. The molecule has 0 aromatic carbocycles. The molecule has 8 heteroatoms. The van der Waals surface area contributed by atoms with E-state index in [9.17, 15) is 0 Å². The van der Waals surface area contributed by atoms with Crippen molar-refractivity contribution in [1.29, 1.82) is 0 Å². The average Bonchev–Trinajstić information content (AvgIpc) is 3.16. The lowest BCUT2D eigenvalue weighted by Gasteiger charge is -2.23. The van der Waals surface area contributed by atoms with Gasteiger partial charge < -0.3 is 14.8 Å². The van der Waals surface area contributed by atoms with Crippen LogP contribution in [0.25, 0.3) is 10.9 Å². The van der Waals surface area contributed by atoms with Crippen LogP contribution in [0, 0.1) is 0 Å². The Balaban J connectivity index is 1.65. The zero-order valence-electron chi connectivity index (χ0n) is 12.8. The highest BCUT2D eigenvalue weighted by atomic mass is 16.5. The van der Waals surface area contributed by atoms with Crippen LogP contribution in [0.3, 0.4) is 0 Å². The fourth-order valence-corrected chi connectivity index (χ4v) is 2.69. The lowest BCUT2D eigenvalue weighted by Crippen LogP contribution is -2.26. The summed E-state index contributed by atoms with van der Waals surface area (Å²) in [7, 11) is 1.87. The van der Waals surface area contributed by atoms with Gasteiger partial charge in [-0.2, -0.15) is 10.2 Å². The van der Waals surface area contributed by atoms with Crippen molar-refractivity contribution in [3.05, 3.63) is 24.7 Å². The fourth-order valence-electron chi connectivity index (χ4n) is 2.69. The topological polar surface area (TPSA) is 89.9 Å². The second kappa shape index (κ2) is 5.88. The third kappa shape index (κ3) is 2.85. The Bertz CT molecular complexity index is 805. The molecule has 0 aliphatic carbocycles. The highest BCUT2D eigenvalue weighted by molar-refractivity contribution is 5.95. The van der Waals surface area contributed by atoms with E-state index in [2.05, 4.69) is 25.6 Å². The lowest BCUT2D eigenvalue weighted by molar-refractivity contribution is 0.0244. The van der Waals surface area contributed by atoms with Gasteiger partial charge in [-0.15, -0.1) is 0 Å². The van der Waals surface area contributed by atoms with Crippen molar-refractivity contribution in [3.63, 3.8) is 0 Å². The zero-order valence-corrected chi connectivity index (χ0v) is 12.8. The van der Waals surface area contributed by atoms with Crippen LogP contribution in [0.15, 0.2) is 24.7 Å². The number of rotatable bonds is 4. The number of H-pyrrole nitrogens is 1. The van der Waals surface area contributed by atoms with E-state index in [1.165, 1.54) is 0 Å². The maximum absolute atomic E-state index is 6.10. The van der Waals surface area contributed by atoms with Gasteiger partial charge in [0.15, 0.2) is 5.82 Å². The minimum Gasteiger partial charge on any atom is -0.474 e. The highest BCUT2D eigenvalue weighted by Gasteiger charge is 2.20. The molecule has 0 spiro atoms. The van der Waals surface area contributed by atoms with Crippen LogP contribution >= 0.6 is 0 Å². The van der Waals surface area contributed by atoms with E-state index in [1.54, 1.807) is 17.1 Å². The summed E-state index contributed by atoms with van der Waals surface area (Å²) in [4.78, 5) is 4.40. The van der Waals surface area contributed by atoms with Gasteiger partial charge in [-0.05, 0) is 6.07 Å². The predicted octanol–water partition coefficient (Wildman–Crippen LogP) is 1.99. The normalized spacial score (nSPS) is 15.9. The minimum absolute atomic E-state index is 0.128. The number of hydrogen-bond donors (Lipinski definition) is 2. The number of ether oxygens (including phenoxy) is 2. The molecule has 8 nitrogen and oxygen atoms in total. The SMILES string of the molecule is Cn1cc(Nc2n[nH]c3ccnc(OC4CCOCC4)c23)cn1. The number of aromatic nitrogens is 5. The zero-order chi connectivity index (χ0) is 15.6. The van der Waals surface area contributed by atoms with Gasteiger partial charge in [-0.25, -0.2) is 4.98 Å². The van der Waals surface area contributed by atoms with Crippen molar-refractivity contribution in [2.75, 3.05) is 18.5 Å². The van der Waals surface area contributed by atoms with Crippen molar-refractivity contribution in [2.24, 2.45) is 7.05 Å². The van der Waals surface area contributed by atoms with E-state index in [0.29, 0.717) is 11.7 Å². The van der Waals surface area contributed by atoms with Crippen LogP contribution in [0.2, 0.25) is 0 Å². The molecule has 0 unspecified atom stereocenters. The summed E-state index contributed by atoms with van der Waals surface area (Å²) in [6.07, 6.45) is 7.24. The maximum atomic E-state index is 6.10. The molecule has 0 amide bonds. The summed E-state index contributed by atoms with van der Waals surface area (Å²) in [6, 6.07) is 1.88. The first-order valence-corrected chi connectivity index (χ1v) is 7.63. The molecule has 3 aromatic rings. The molecular formula is C15H18N6O2. The van der Waals surface area contributed by atoms with E-state index >= 15 is 0 Å². The third-order valence-electron chi connectivity index (χ3n) is 3.86.